The molecule has 0 spiro atoms. The molecule has 0 radical (unpaired) electrons. The Morgan fingerprint density at radius 1 is 1.33 bits per heavy atom. The molecule has 0 saturated carbocycles. The molecule has 0 aliphatic rings. The molecule has 0 aromatic heterocycles. The van der Waals surface area contributed by atoms with E-state index < -0.39 is 16.1 Å². The fourth-order valence-electron chi connectivity index (χ4n) is 1.83. The normalized spacial score (nSPS) is 12.7. The van der Waals surface area contributed by atoms with Crippen LogP contribution in [0.1, 0.15) is 25.8 Å². The van der Waals surface area contributed by atoms with Gasteiger partial charge in [0, 0.05) is 5.69 Å². The second-order valence-corrected chi connectivity index (χ2v) is 6.78. The van der Waals surface area contributed by atoms with E-state index in [1.807, 2.05) is 13.8 Å². The Bertz CT molecular complexity index is 603. The highest BCUT2D eigenvalue weighted by atomic mass is 35.5. The van der Waals surface area contributed by atoms with Crippen LogP contribution in [0.5, 0.6) is 0 Å². The van der Waals surface area contributed by atoms with E-state index in [0.717, 1.165) is 0 Å². The summed E-state index contributed by atoms with van der Waals surface area (Å²) < 4.78 is 22.8. The van der Waals surface area contributed by atoms with E-state index in [1.165, 1.54) is 6.07 Å². The quantitative estimate of drug-likeness (QED) is 0.753. The summed E-state index contributed by atoms with van der Waals surface area (Å²) in [5.74, 6) is -0.0447. The summed E-state index contributed by atoms with van der Waals surface area (Å²) in [6.07, 6.45) is 0.555. The van der Waals surface area contributed by atoms with Gasteiger partial charge in [-0.3, -0.25) is 4.79 Å². The molecule has 0 aliphatic heterocycles. The van der Waals surface area contributed by atoms with Gasteiger partial charge in [0.25, 0.3) is 0 Å². The lowest BCUT2D eigenvalue weighted by atomic mass is 10.0. The molecule has 1 aromatic carbocycles. The number of primary sulfonamides is 1. The van der Waals surface area contributed by atoms with Crippen LogP contribution in [-0.2, 0) is 14.8 Å². The van der Waals surface area contributed by atoms with Crippen molar-refractivity contribution in [3.63, 3.8) is 0 Å². The molecule has 0 unspecified atom stereocenters. The third-order valence-corrected chi connectivity index (χ3v) is 3.88. The molecule has 6 nitrogen and oxygen atoms in total. The van der Waals surface area contributed by atoms with Gasteiger partial charge in [0.1, 0.15) is 0 Å². The van der Waals surface area contributed by atoms with E-state index >= 15 is 0 Å². The molecule has 8 heteroatoms. The summed E-state index contributed by atoms with van der Waals surface area (Å²) in [5, 5.41) is 7.72. The number of amides is 1. The number of hydrogen-bond acceptors (Lipinski definition) is 4. The Balaban J connectivity index is 0.00000400. The zero-order valence-electron chi connectivity index (χ0n) is 12.3. The van der Waals surface area contributed by atoms with Crippen molar-refractivity contribution in [2.45, 2.75) is 38.1 Å². The topological polar surface area (TPSA) is 115 Å². The summed E-state index contributed by atoms with van der Waals surface area (Å²) in [4.78, 5) is 11.9. The Kier molecular flexibility index (Phi) is 7.32. The maximum absolute atomic E-state index is 11.9. The van der Waals surface area contributed by atoms with Gasteiger partial charge in [0.2, 0.25) is 15.9 Å². The van der Waals surface area contributed by atoms with Crippen molar-refractivity contribution in [3.8, 4) is 0 Å². The molecule has 5 N–H and O–H groups in total. The first-order valence-corrected chi connectivity index (χ1v) is 7.85. The minimum atomic E-state index is -3.81. The number of rotatable bonds is 5. The third kappa shape index (κ3) is 6.01. The van der Waals surface area contributed by atoms with Crippen LogP contribution in [0.4, 0.5) is 5.69 Å². The van der Waals surface area contributed by atoms with Gasteiger partial charge < -0.3 is 11.1 Å². The van der Waals surface area contributed by atoms with Gasteiger partial charge in [0.05, 0.1) is 10.9 Å². The molecule has 1 amide bonds. The molecule has 0 heterocycles. The minimum Gasteiger partial charge on any atom is -0.325 e. The van der Waals surface area contributed by atoms with E-state index in [-0.39, 0.29) is 23.2 Å². The minimum absolute atomic E-state index is 0. The first-order chi connectivity index (χ1) is 9.11. The van der Waals surface area contributed by atoms with Gasteiger partial charge >= 0.3 is 0 Å². The highest BCUT2D eigenvalue weighted by molar-refractivity contribution is 7.89. The predicted octanol–water partition coefficient (Wildman–Crippen LogP) is 1.38. The maximum Gasteiger partial charge on any atom is 0.241 e. The van der Waals surface area contributed by atoms with Crippen LogP contribution in [0.15, 0.2) is 23.1 Å². The molecule has 0 aliphatic carbocycles. The maximum atomic E-state index is 11.9. The van der Waals surface area contributed by atoms with Crippen LogP contribution in [0, 0.1) is 12.8 Å². The molecule has 0 bridgehead atoms. The second-order valence-electron chi connectivity index (χ2n) is 5.25. The predicted molar refractivity (Wildman–Crippen MR) is 85.9 cm³/mol. The van der Waals surface area contributed by atoms with Crippen molar-refractivity contribution >= 4 is 34.0 Å². The number of nitrogens with one attached hydrogen (secondary N) is 1. The zero-order chi connectivity index (χ0) is 15.5. The van der Waals surface area contributed by atoms with Crippen LogP contribution >= 0.6 is 12.4 Å². The largest absolute Gasteiger partial charge is 0.325 e. The molecule has 1 aromatic rings. The van der Waals surface area contributed by atoms with Gasteiger partial charge in [-0.15, -0.1) is 12.4 Å². The molecule has 0 saturated heterocycles. The number of benzene rings is 1. The molecule has 0 fully saturated rings. The number of anilines is 1. The lowest BCUT2D eigenvalue weighted by Gasteiger charge is -2.15. The standard InChI is InChI=1S/C13H21N3O3S.ClH/c1-8(2)6-11(14)13(17)16-10-5-4-9(3)12(7-10)20(15,18)19;/h4-5,7-8,11H,6,14H2,1-3H3,(H,16,17)(H2,15,18,19);1H/t11-;/m0./s1. The Morgan fingerprint density at radius 3 is 2.38 bits per heavy atom. The van der Waals surface area contributed by atoms with E-state index in [4.69, 9.17) is 10.9 Å². The van der Waals surface area contributed by atoms with Crippen molar-refractivity contribution in [3.05, 3.63) is 23.8 Å². The van der Waals surface area contributed by atoms with E-state index in [0.29, 0.717) is 23.6 Å². The number of carbonyl (C=O) groups is 1. The van der Waals surface area contributed by atoms with E-state index in [9.17, 15) is 13.2 Å². The summed E-state index contributed by atoms with van der Waals surface area (Å²) in [5.41, 5.74) is 6.65. The molecule has 1 atom stereocenters. The van der Waals surface area contributed by atoms with Crippen LogP contribution in [0.25, 0.3) is 0 Å². The van der Waals surface area contributed by atoms with Crippen molar-refractivity contribution in [1.29, 1.82) is 0 Å². The number of aryl methyl sites for hydroxylation is 1. The summed E-state index contributed by atoms with van der Waals surface area (Å²) >= 11 is 0. The van der Waals surface area contributed by atoms with Gasteiger partial charge in [0.15, 0.2) is 0 Å². The Hall–Kier alpha value is -1.15. The number of sulfonamides is 1. The highest BCUT2D eigenvalue weighted by Crippen LogP contribution is 2.19. The number of nitrogens with two attached hydrogens (primary N) is 2. The van der Waals surface area contributed by atoms with Crippen LogP contribution in [0.2, 0.25) is 0 Å². The smallest absolute Gasteiger partial charge is 0.241 e. The lowest BCUT2D eigenvalue weighted by molar-refractivity contribution is -0.117. The Morgan fingerprint density at radius 2 is 1.90 bits per heavy atom. The lowest BCUT2D eigenvalue weighted by Crippen LogP contribution is -2.36. The molecule has 120 valence electrons. The second kappa shape index (κ2) is 7.74. The number of halogens is 1. The molecule has 21 heavy (non-hydrogen) atoms. The number of carbonyl (C=O) groups excluding carboxylic acids is 1. The molecular weight excluding hydrogens is 314 g/mol. The average molecular weight is 336 g/mol. The van der Waals surface area contributed by atoms with Crippen molar-refractivity contribution in [2.75, 3.05) is 5.32 Å². The summed E-state index contributed by atoms with van der Waals surface area (Å²) in [7, 11) is -3.81. The first-order valence-electron chi connectivity index (χ1n) is 6.31. The molecule has 1 rings (SSSR count). The fraction of sp³-hybridized carbons (Fsp3) is 0.462. The summed E-state index contributed by atoms with van der Waals surface area (Å²) in [6.45, 7) is 5.58. The van der Waals surface area contributed by atoms with Crippen molar-refractivity contribution in [1.82, 2.24) is 0 Å². The average Bonchev–Trinajstić information content (AvgIpc) is 2.29. The van der Waals surface area contributed by atoms with Crippen LogP contribution < -0.4 is 16.2 Å². The number of hydrogen-bond donors (Lipinski definition) is 3. The summed E-state index contributed by atoms with van der Waals surface area (Å²) in [6, 6.07) is 3.91. The van der Waals surface area contributed by atoms with Crippen molar-refractivity contribution < 1.29 is 13.2 Å². The SMILES string of the molecule is Cc1ccc(NC(=O)[C@@H](N)CC(C)C)cc1S(N)(=O)=O.Cl. The van der Waals surface area contributed by atoms with Gasteiger partial charge in [-0.05, 0) is 37.0 Å². The van der Waals surface area contributed by atoms with Crippen LogP contribution in [-0.4, -0.2) is 20.4 Å². The van der Waals surface area contributed by atoms with Gasteiger partial charge in [-0.25, -0.2) is 13.6 Å². The third-order valence-electron chi connectivity index (χ3n) is 2.82. The molecular formula is C13H22ClN3O3S. The Labute approximate surface area is 131 Å². The van der Waals surface area contributed by atoms with Gasteiger partial charge in [-0.2, -0.15) is 0 Å². The first kappa shape index (κ1) is 19.9. The van der Waals surface area contributed by atoms with Gasteiger partial charge in [-0.1, -0.05) is 19.9 Å². The van der Waals surface area contributed by atoms with E-state index in [1.54, 1.807) is 19.1 Å². The zero-order valence-corrected chi connectivity index (χ0v) is 13.9. The highest BCUT2D eigenvalue weighted by Gasteiger charge is 2.17. The monoisotopic (exact) mass is 335 g/mol. The van der Waals surface area contributed by atoms with E-state index in [2.05, 4.69) is 5.32 Å². The van der Waals surface area contributed by atoms with Crippen LogP contribution in [0.3, 0.4) is 0 Å². The van der Waals surface area contributed by atoms with Crippen molar-refractivity contribution in [2.24, 2.45) is 16.8 Å². The fourth-order valence-corrected chi connectivity index (χ4v) is 2.64.